The molecule has 3 amide bonds. The van der Waals surface area contributed by atoms with Gasteiger partial charge in [0.15, 0.2) is 0 Å². The summed E-state index contributed by atoms with van der Waals surface area (Å²) < 4.78 is 5.72. The monoisotopic (exact) mass is 396 g/mol. The maximum Gasteiger partial charge on any atom is 0.272 e. The first-order valence-electron chi connectivity index (χ1n) is 9.49. The van der Waals surface area contributed by atoms with Crippen molar-refractivity contribution in [1.29, 1.82) is 0 Å². The number of nitrogens with one attached hydrogen (secondary N) is 1. The zero-order chi connectivity index (χ0) is 20.8. The van der Waals surface area contributed by atoms with E-state index < -0.39 is 0 Å². The van der Waals surface area contributed by atoms with Gasteiger partial charge in [-0.1, -0.05) is 12.1 Å². The Balaban J connectivity index is 1.72. The SMILES string of the molecule is CC(C)Oc1ccccc1NC(=O)c1ccnc(C(=O)N2CCN(C=O)CC2)c1. The topological polar surface area (TPSA) is 91.8 Å². The van der Waals surface area contributed by atoms with Gasteiger partial charge in [-0.25, -0.2) is 0 Å². The van der Waals surface area contributed by atoms with Gasteiger partial charge in [0.25, 0.3) is 11.8 Å². The molecular weight excluding hydrogens is 372 g/mol. The molecule has 0 saturated carbocycles. The van der Waals surface area contributed by atoms with Crippen LogP contribution >= 0.6 is 0 Å². The van der Waals surface area contributed by atoms with E-state index in [4.69, 9.17) is 4.74 Å². The third-order valence-electron chi connectivity index (χ3n) is 4.49. The summed E-state index contributed by atoms with van der Waals surface area (Å²) in [7, 11) is 0. The number of carbonyl (C=O) groups excluding carboxylic acids is 3. The smallest absolute Gasteiger partial charge is 0.272 e. The molecule has 0 bridgehead atoms. The predicted molar refractivity (Wildman–Crippen MR) is 108 cm³/mol. The number of nitrogens with zero attached hydrogens (tertiary/aromatic N) is 3. The van der Waals surface area contributed by atoms with E-state index in [1.54, 1.807) is 28.0 Å². The highest BCUT2D eigenvalue weighted by Gasteiger charge is 2.23. The number of hydrogen-bond acceptors (Lipinski definition) is 5. The number of amides is 3. The Morgan fingerprint density at radius 3 is 2.55 bits per heavy atom. The summed E-state index contributed by atoms with van der Waals surface area (Å²) in [5.41, 5.74) is 1.08. The fourth-order valence-electron chi connectivity index (χ4n) is 3.00. The summed E-state index contributed by atoms with van der Waals surface area (Å²) in [4.78, 5) is 43.6. The minimum Gasteiger partial charge on any atom is -0.489 e. The van der Waals surface area contributed by atoms with Gasteiger partial charge in [-0.15, -0.1) is 0 Å². The van der Waals surface area contributed by atoms with E-state index in [9.17, 15) is 14.4 Å². The third-order valence-corrected chi connectivity index (χ3v) is 4.49. The number of anilines is 1. The lowest BCUT2D eigenvalue weighted by atomic mass is 10.2. The fourth-order valence-corrected chi connectivity index (χ4v) is 3.00. The number of carbonyl (C=O) groups is 3. The van der Waals surface area contributed by atoms with E-state index in [0.29, 0.717) is 43.2 Å². The van der Waals surface area contributed by atoms with Crippen LogP contribution in [0.3, 0.4) is 0 Å². The molecule has 29 heavy (non-hydrogen) atoms. The molecule has 1 aromatic heterocycles. The fraction of sp³-hybridized carbons (Fsp3) is 0.333. The molecule has 8 nitrogen and oxygen atoms in total. The van der Waals surface area contributed by atoms with Crippen LogP contribution in [0.4, 0.5) is 5.69 Å². The van der Waals surface area contributed by atoms with Crippen molar-refractivity contribution in [2.45, 2.75) is 20.0 Å². The lowest BCUT2D eigenvalue weighted by Gasteiger charge is -2.32. The van der Waals surface area contributed by atoms with Crippen LogP contribution in [0, 0.1) is 0 Å². The van der Waals surface area contributed by atoms with Crippen LogP contribution < -0.4 is 10.1 Å². The molecule has 2 aromatic rings. The van der Waals surface area contributed by atoms with Crippen LogP contribution in [0.2, 0.25) is 0 Å². The molecule has 0 spiro atoms. The van der Waals surface area contributed by atoms with Crippen molar-refractivity contribution in [3.8, 4) is 5.75 Å². The number of hydrogen-bond donors (Lipinski definition) is 1. The van der Waals surface area contributed by atoms with Gasteiger partial charge in [-0.05, 0) is 38.1 Å². The van der Waals surface area contributed by atoms with E-state index in [1.807, 2.05) is 26.0 Å². The Bertz CT molecular complexity index is 892. The molecule has 1 aliphatic rings. The van der Waals surface area contributed by atoms with Gasteiger partial charge in [-0.2, -0.15) is 0 Å². The lowest BCUT2D eigenvalue weighted by molar-refractivity contribution is -0.119. The summed E-state index contributed by atoms with van der Waals surface area (Å²) in [6.45, 7) is 5.68. The number of para-hydroxylation sites is 2. The van der Waals surface area contributed by atoms with Gasteiger partial charge in [0.2, 0.25) is 6.41 Å². The van der Waals surface area contributed by atoms with Gasteiger partial charge < -0.3 is 19.9 Å². The highest BCUT2D eigenvalue weighted by molar-refractivity contribution is 6.06. The first-order valence-corrected chi connectivity index (χ1v) is 9.49. The molecule has 0 radical (unpaired) electrons. The minimum absolute atomic E-state index is 0.0297. The third kappa shape index (κ3) is 5.10. The number of benzene rings is 1. The standard InChI is InChI=1S/C21H24N4O4/c1-15(2)29-19-6-4-3-5-17(19)23-20(27)16-7-8-22-18(13-16)21(28)25-11-9-24(14-26)10-12-25/h3-8,13-15H,9-12H2,1-2H3,(H,23,27). The van der Waals surface area contributed by atoms with Crippen molar-refractivity contribution in [3.63, 3.8) is 0 Å². The molecule has 8 heteroatoms. The lowest BCUT2D eigenvalue weighted by Crippen LogP contribution is -2.48. The predicted octanol–water partition coefficient (Wildman–Crippen LogP) is 2.04. The van der Waals surface area contributed by atoms with E-state index >= 15 is 0 Å². The maximum atomic E-state index is 12.7. The molecule has 1 fully saturated rings. The Morgan fingerprint density at radius 2 is 1.86 bits per heavy atom. The second-order valence-electron chi connectivity index (χ2n) is 6.98. The van der Waals surface area contributed by atoms with Crippen molar-refractivity contribution in [3.05, 3.63) is 53.9 Å². The zero-order valence-corrected chi connectivity index (χ0v) is 16.5. The van der Waals surface area contributed by atoms with Crippen LogP contribution in [0.25, 0.3) is 0 Å². The Morgan fingerprint density at radius 1 is 1.14 bits per heavy atom. The average Bonchev–Trinajstić information content (AvgIpc) is 2.74. The van der Waals surface area contributed by atoms with E-state index in [1.165, 1.54) is 12.3 Å². The van der Waals surface area contributed by atoms with Crippen LogP contribution in [-0.2, 0) is 4.79 Å². The average molecular weight is 396 g/mol. The number of aromatic nitrogens is 1. The molecule has 1 aliphatic heterocycles. The first kappa shape index (κ1) is 20.3. The van der Waals surface area contributed by atoms with Crippen LogP contribution in [0.5, 0.6) is 5.75 Å². The van der Waals surface area contributed by atoms with E-state index in [0.717, 1.165) is 6.41 Å². The molecule has 3 rings (SSSR count). The Kier molecular flexibility index (Phi) is 6.43. The number of ether oxygens (including phenoxy) is 1. The quantitative estimate of drug-likeness (QED) is 0.755. The Hall–Kier alpha value is -3.42. The van der Waals surface area contributed by atoms with Crippen LogP contribution in [-0.4, -0.2) is 65.3 Å². The summed E-state index contributed by atoms with van der Waals surface area (Å²) in [6, 6.07) is 10.2. The Labute approximate surface area is 169 Å². The molecule has 1 aromatic carbocycles. The van der Waals surface area contributed by atoms with Crippen molar-refractivity contribution in [2.75, 3.05) is 31.5 Å². The number of rotatable bonds is 6. The number of piperazine rings is 1. The van der Waals surface area contributed by atoms with Crippen molar-refractivity contribution >= 4 is 23.9 Å². The first-order chi connectivity index (χ1) is 14.0. The van der Waals surface area contributed by atoms with Gasteiger partial charge in [0, 0.05) is 37.9 Å². The summed E-state index contributed by atoms with van der Waals surface area (Å²) in [6.07, 6.45) is 2.20. The normalized spacial score (nSPS) is 13.9. The molecule has 0 aliphatic carbocycles. The summed E-state index contributed by atoms with van der Waals surface area (Å²) in [5.74, 6) is -0.0324. The maximum absolute atomic E-state index is 12.7. The van der Waals surface area contributed by atoms with Gasteiger partial charge in [0.1, 0.15) is 11.4 Å². The second kappa shape index (κ2) is 9.18. The largest absolute Gasteiger partial charge is 0.489 e. The summed E-state index contributed by atoms with van der Waals surface area (Å²) >= 11 is 0. The second-order valence-corrected chi connectivity index (χ2v) is 6.98. The highest BCUT2D eigenvalue weighted by atomic mass is 16.5. The molecule has 1 saturated heterocycles. The van der Waals surface area contributed by atoms with Gasteiger partial charge >= 0.3 is 0 Å². The molecule has 2 heterocycles. The molecule has 1 N–H and O–H groups in total. The van der Waals surface area contributed by atoms with Crippen molar-refractivity contribution in [1.82, 2.24) is 14.8 Å². The minimum atomic E-state index is -0.355. The van der Waals surface area contributed by atoms with Crippen molar-refractivity contribution in [2.24, 2.45) is 0 Å². The molecular formula is C21H24N4O4. The molecule has 0 unspecified atom stereocenters. The summed E-state index contributed by atoms with van der Waals surface area (Å²) in [5, 5.41) is 2.83. The zero-order valence-electron chi connectivity index (χ0n) is 16.5. The van der Waals surface area contributed by atoms with Crippen molar-refractivity contribution < 1.29 is 19.1 Å². The van der Waals surface area contributed by atoms with Crippen LogP contribution in [0.1, 0.15) is 34.7 Å². The molecule has 0 atom stereocenters. The molecule has 152 valence electrons. The van der Waals surface area contributed by atoms with E-state index in [2.05, 4.69) is 10.3 Å². The van der Waals surface area contributed by atoms with Crippen LogP contribution in [0.15, 0.2) is 42.6 Å². The van der Waals surface area contributed by atoms with E-state index in [-0.39, 0.29) is 23.6 Å². The van der Waals surface area contributed by atoms with Gasteiger partial charge in [-0.3, -0.25) is 19.4 Å². The highest BCUT2D eigenvalue weighted by Crippen LogP contribution is 2.25. The van der Waals surface area contributed by atoms with Gasteiger partial charge in [0.05, 0.1) is 11.8 Å². The number of pyridine rings is 1.